The highest BCUT2D eigenvalue weighted by Gasteiger charge is 2.40. The summed E-state index contributed by atoms with van der Waals surface area (Å²) in [5.74, 6) is -0.686. The Labute approximate surface area is 92.3 Å². The van der Waals surface area contributed by atoms with Crippen LogP contribution in [-0.2, 0) is 4.79 Å². The Morgan fingerprint density at radius 2 is 2.07 bits per heavy atom. The first-order chi connectivity index (χ1) is 6.89. The van der Waals surface area contributed by atoms with Gasteiger partial charge in [0.1, 0.15) is 0 Å². The molecule has 2 N–H and O–H groups in total. The summed E-state index contributed by atoms with van der Waals surface area (Å²) in [5, 5.41) is 12.4. The van der Waals surface area contributed by atoms with E-state index in [0.29, 0.717) is 0 Å². The van der Waals surface area contributed by atoms with Crippen LogP contribution in [0.15, 0.2) is 0 Å². The summed E-state index contributed by atoms with van der Waals surface area (Å²) in [6.45, 7) is 7.37. The van der Waals surface area contributed by atoms with Crippen LogP contribution in [0.3, 0.4) is 0 Å². The Bertz CT molecular complexity index is 234. The molecule has 0 radical (unpaired) electrons. The van der Waals surface area contributed by atoms with Crippen LogP contribution in [0.5, 0.6) is 0 Å². The Balaban J connectivity index is 2.75. The molecule has 0 saturated heterocycles. The van der Waals surface area contributed by atoms with E-state index in [-0.39, 0.29) is 17.4 Å². The van der Waals surface area contributed by atoms with Crippen molar-refractivity contribution in [3.63, 3.8) is 0 Å². The van der Waals surface area contributed by atoms with Gasteiger partial charge in [0, 0.05) is 5.54 Å². The van der Waals surface area contributed by atoms with E-state index in [4.69, 9.17) is 5.11 Å². The fourth-order valence-electron chi connectivity index (χ4n) is 3.03. The van der Waals surface area contributed by atoms with E-state index in [1.165, 1.54) is 6.42 Å². The lowest BCUT2D eigenvalue weighted by molar-refractivity contribution is -0.139. The maximum atomic E-state index is 10.9. The molecule has 1 saturated carbocycles. The van der Waals surface area contributed by atoms with Gasteiger partial charge in [-0.2, -0.15) is 0 Å². The van der Waals surface area contributed by atoms with E-state index in [2.05, 4.69) is 19.2 Å². The predicted octanol–water partition coefficient (Wildman–Crippen LogP) is 2.41. The van der Waals surface area contributed by atoms with E-state index >= 15 is 0 Å². The first kappa shape index (κ1) is 12.5. The van der Waals surface area contributed by atoms with Gasteiger partial charge in [0.2, 0.25) is 0 Å². The second-order valence-corrected chi connectivity index (χ2v) is 5.58. The van der Waals surface area contributed by atoms with E-state index in [9.17, 15) is 4.79 Å². The highest BCUT2D eigenvalue weighted by atomic mass is 16.4. The number of aliphatic carboxylic acids is 1. The van der Waals surface area contributed by atoms with Crippen LogP contribution in [0.25, 0.3) is 0 Å². The third kappa shape index (κ3) is 3.49. The standard InChI is InChI=1S/C12H23NO2/c1-4-13-12(8-10(14)15)7-5-6-11(2,3)9-12/h13H,4-9H2,1-3H3,(H,14,15). The van der Waals surface area contributed by atoms with Crippen molar-refractivity contribution in [2.24, 2.45) is 5.41 Å². The number of nitrogens with one attached hydrogen (secondary N) is 1. The zero-order valence-electron chi connectivity index (χ0n) is 10.1. The van der Waals surface area contributed by atoms with Crippen LogP contribution in [0.4, 0.5) is 0 Å². The van der Waals surface area contributed by atoms with Gasteiger partial charge in [0.15, 0.2) is 0 Å². The van der Waals surface area contributed by atoms with Gasteiger partial charge < -0.3 is 10.4 Å². The summed E-state index contributed by atoms with van der Waals surface area (Å²) < 4.78 is 0. The van der Waals surface area contributed by atoms with E-state index in [0.717, 1.165) is 25.8 Å². The molecule has 1 aliphatic carbocycles. The lowest BCUT2D eigenvalue weighted by Crippen LogP contribution is -2.51. The lowest BCUT2D eigenvalue weighted by atomic mass is 9.67. The summed E-state index contributed by atoms with van der Waals surface area (Å²) >= 11 is 0. The molecular formula is C12H23NO2. The number of carbonyl (C=O) groups is 1. The zero-order valence-corrected chi connectivity index (χ0v) is 10.1. The van der Waals surface area contributed by atoms with E-state index < -0.39 is 5.97 Å². The number of carboxylic acids is 1. The van der Waals surface area contributed by atoms with Crippen molar-refractivity contribution < 1.29 is 9.90 Å². The second kappa shape index (κ2) is 4.52. The molecule has 0 aliphatic heterocycles. The van der Waals surface area contributed by atoms with Crippen LogP contribution in [0.2, 0.25) is 0 Å². The summed E-state index contributed by atoms with van der Waals surface area (Å²) in [7, 11) is 0. The molecule has 1 unspecified atom stereocenters. The van der Waals surface area contributed by atoms with Crippen LogP contribution in [0.1, 0.15) is 52.9 Å². The van der Waals surface area contributed by atoms with Gasteiger partial charge in [-0.3, -0.25) is 4.79 Å². The number of carboxylic acid groups (broad SMARTS) is 1. The van der Waals surface area contributed by atoms with Crippen LogP contribution >= 0.6 is 0 Å². The molecule has 3 nitrogen and oxygen atoms in total. The largest absolute Gasteiger partial charge is 0.481 e. The van der Waals surface area contributed by atoms with Crippen LogP contribution in [0, 0.1) is 5.41 Å². The Kier molecular flexibility index (Phi) is 3.77. The minimum Gasteiger partial charge on any atom is -0.481 e. The quantitative estimate of drug-likeness (QED) is 0.754. The molecule has 0 spiro atoms. The Hall–Kier alpha value is -0.570. The summed E-state index contributed by atoms with van der Waals surface area (Å²) in [6.07, 6.45) is 4.56. The molecule has 0 heterocycles. The van der Waals surface area contributed by atoms with Crippen molar-refractivity contribution in [2.75, 3.05) is 6.54 Å². The highest BCUT2D eigenvalue weighted by molar-refractivity contribution is 5.68. The average molecular weight is 213 g/mol. The third-order valence-corrected chi connectivity index (χ3v) is 3.37. The maximum absolute atomic E-state index is 10.9. The van der Waals surface area contributed by atoms with Crippen molar-refractivity contribution in [2.45, 2.75) is 58.4 Å². The zero-order chi connectivity index (χ0) is 11.5. The molecule has 1 aliphatic rings. The fourth-order valence-corrected chi connectivity index (χ4v) is 3.03. The molecule has 0 aromatic heterocycles. The molecule has 0 bridgehead atoms. The molecule has 1 rings (SSSR count). The first-order valence-electron chi connectivity index (χ1n) is 5.86. The molecule has 88 valence electrons. The molecule has 3 heteroatoms. The fraction of sp³-hybridized carbons (Fsp3) is 0.917. The van der Waals surface area contributed by atoms with Gasteiger partial charge in [-0.25, -0.2) is 0 Å². The van der Waals surface area contributed by atoms with E-state index in [1.807, 2.05) is 6.92 Å². The topological polar surface area (TPSA) is 49.3 Å². The summed E-state index contributed by atoms with van der Waals surface area (Å²) in [6, 6.07) is 0. The van der Waals surface area contributed by atoms with Crippen molar-refractivity contribution >= 4 is 5.97 Å². The average Bonchev–Trinajstić information content (AvgIpc) is 1.99. The second-order valence-electron chi connectivity index (χ2n) is 5.58. The van der Waals surface area contributed by atoms with Crippen LogP contribution in [-0.4, -0.2) is 23.2 Å². The van der Waals surface area contributed by atoms with Crippen molar-refractivity contribution in [3.8, 4) is 0 Å². The third-order valence-electron chi connectivity index (χ3n) is 3.37. The van der Waals surface area contributed by atoms with E-state index in [1.54, 1.807) is 0 Å². The smallest absolute Gasteiger partial charge is 0.305 e. The van der Waals surface area contributed by atoms with Gasteiger partial charge in [0.05, 0.1) is 6.42 Å². The molecular weight excluding hydrogens is 190 g/mol. The number of hydrogen-bond acceptors (Lipinski definition) is 2. The van der Waals surface area contributed by atoms with Gasteiger partial charge >= 0.3 is 5.97 Å². The number of hydrogen-bond donors (Lipinski definition) is 2. The van der Waals surface area contributed by atoms with Crippen molar-refractivity contribution in [1.82, 2.24) is 5.32 Å². The van der Waals surface area contributed by atoms with Gasteiger partial charge in [0.25, 0.3) is 0 Å². The molecule has 0 aromatic carbocycles. The van der Waals surface area contributed by atoms with Crippen molar-refractivity contribution in [1.29, 1.82) is 0 Å². The molecule has 1 fully saturated rings. The molecule has 1 atom stereocenters. The van der Waals surface area contributed by atoms with Crippen molar-refractivity contribution in [3.05, 3.63) is 0 Å². The van der Waals surface area contributed by atoms with Crippen LogP contribution < -0.4 is 5.32 Å². The highest BCUT2D eigenvalue weighted by Crippen LogP contribution is 2.42. The molecule has 0 amide bonds. The molecule has 15 heavy (non-hydrogen) atoms. The minimum absolute atomic E-state index is 0.164. The maximum Gasteiger partial charge on any atom is 0.305 e. The number of rotatable bonds is 4. The van der Waals surface area contributed by atoms with Gasteiger partial charge in [-0.15, -0.1) is 0 Å². The lowest BCUT2D eigenvalue weighted by Gasteiger charge is -2.45. The normalized spacial score (nSPS) is 30.1. The summed E-state index contributed by atoms with van der Waals surface area (Å²) in [4.78, 5) is 10.9. The molecule has 0 aromatic rings. The van der Waals surface area contributed by atoms with Gasteiger partial charge in [-0.1, -0.05) is 27.2 Å². The first-order valence-corrected chi connectivity index (χ1v) is 5.86. The van der Waals surface area contributed by atoms with Gasteiger partial charge in [-0.05, 0) is 31.2 Å². The predicted molar refractivity (Wildman–Crippen MR) is 60.9 cm³/mol. The SMILES string of the molecule is CCNC1(CC(=O)O)CCCC(C)(C)C1. The minimum atomic E-state index is -0.686. The monoisotopic (exact) mass is 213 g/mol. The Morgan fingerprint density at radius 3 is 2.53 bits per heavy atom. The summed E-state index contributed by atoms with van der Waals surface area (Å²) in [5.41, 5.74) is 0.109. The Morgan fingerprint density at radius 1 is 1.40 bits per heavy atom.